The Hall–Kier alpha value is -2.13. The van der Waals surface area contributed by atoms with Crippen LogP contribution in [-0.2, 0) is 42.1 Å². The van der Waals surface area contributed by atoms with Crippen molar-refractivity contribution in [2.75, 3.05) is 83.8 Å². The molecule has 20 nitrogen and oxygen atoms in total. The van der Waals surface area contributed by atoms with Crippen LogP contribution in [0.25, 0.3) is 11.0 Å². The topological polar surface area (TPSA) is 275 Å². The molecular weight excluding hydrogens is 754 g/mol. The van der Waals surface area contributed by atoms with Crippen LogP contribution in [-0.4, -0.2) is 147 Å². The van der Waals surface area contributed by atoms with E-state index in [-0.39, 0.29) is 29.9 Å². The number of amides is 1. The smallest absolute Gasteiger partial charge is 0.340 e. The highest BCUT2D eigenvalue weighted by Gasteiger charge is 2.46. The van der Waals surface area contributed by atoms with Crippen LogP contribution in [0.1, 0.15) is 33.4 Å². The molecule has 1 aliphatic rings. The maximum Gasteiger partial charge on any atom is 0.340 e. The Morgan fingerprint density at radius 3 is 2.23 bits per heavy atom. The molecule has 2 aromatic heterocycles. The van der Waals surface area contributed by atoms with E-state index in [4.69, 9.17) is 49.6 Å². The van der Waals surface area contributed by atoms with Crippen LogP contribution in [0.3, 0.4) is 0 Å². The molecule has 23 heteroatoms. The van der Waals surface area contributed by atoms with E-state index in [9.17, 15) is 29.0 Å². The Kier molecular flexibility index (Phi) is 17.5. The summed E-state index contributed by atoms with van der Waals surface area (Å²) in [7, 11) is -9.61. The summed E-state index contributed by atoms with van der Waals surface area (Å²) >= 11 is 6.20. The van der Waals surface area contributed by atoms with Crippen molar-refractivity contribution in [3.63, 3.8) is 0 Å². The van der Waals surface area contributed by atoms with Gasteiger partial charge >= 0.3 is 15.2 Å². The van der Waals surface area contributed by atoms with Crippen LogP contribution < -0.4 is 10.6 Å². The first kappa shape index (κ1) is 44.3. The number of rotatable bonds is 25. The van der Waals surface area contributed by atoms with Gasteiger partial charge < -0.3 is 63.7 Å². The summed E-state index contributed by atoms with van der Waals surface area (Å²) in [6, 6.07) is 0. The van der Waals surface area contributed by atoms with Gasteiger partial charge in [0.2, 0.25) is 11.2 Å². The van der Waals surface area contributed by atoms with Gasteiger partial charge in [-0.3, -0.25) is 13.9 Å². The molecule has 0 saturated carbocycles. The second-order valence-corrected chi connectivity index (χ2v) is 17.2. The minimum absolute atomic E-state index is 0.125. The molecule has 7 N–H and O–H groups in total. The lowest BCUT2D eigenvalue weighted by Crippen LogP contribution is -2.38. The summed E-state index contributed by atoms with van der Waals surface area (Å²) in [6.07, 6.45) is -4.37. The second-order valence-electron chi connectivity index (χ2n) is 12.8. The zero-order valence-corrected chi connectivity index (χ0v) is 31.8. The van der Waals surface area contributed by atoms with E-state index >= 15 is 0 Å². The van der Waals surface area contributed by atoms with Crippen molar-refractivity contribution in [2.45, 2.75) is 51.7 Å². The monoisotopic (exact) mass is 802 g/mol. The normalized spacial score (nSPS) is 20.6. The van der Waals surface area contributed by atoms with Gasteiger partial charge in [0.15, 0.2) is 17.8 Å². The van der Waals surface area contributed by atoms with Crippen molar-refractivity contribution >= 4 is 49.6 Å². The maximum absolute atomic E-state index is 12.4. The summed E-state index contributed by atoms with van der Waals surface area (Å²) < 4.78 is 56.4. The number of aromatic nitrogens is 4. The number of carbonyl (C=O) groups excluding carboxylic acids is 1. The molecule has 0 spiro atoms. The number of hydrogen-bond donors (Lipinski definition) is 7. The number of fused-ring (bicyclic) bond motifs is 1. The summed E-state index contributed by atoms with van der Waals surface area (Å²) in [5.74, 6) is -1.32. The molecule has 1 amide bonds. The lowest BCUT2D eigenvalue weighted by molar-refractivity contribution is -0.122. The fourth-order valence-corrected chi connectivity index (χ4v) is 7.37. The van der Waals surface area contributed by atoms with Crippen molar-refractivity contribution in [3.05, 3.63) is 23.6 Å². The van der Waals surface area contributed by atoms with Gasteiger partial charge in [-0.2, -0.15) is 15.1 Å². The molecule has 1 unspecified atom stereocenters. The van der Waals surface area contributed by atoms with Crippen LogP contribution in [0.5, 0.6) is 0 Å². The van der Waals surface area contributed by atoms with Crippen LogP contribution >= 0.6 is 26.8 Å². The van der Waals surface area contributed by atoms with Crippen molar-refractivity contribution in [1.29, 1.82) is 0 Å². The zero-order valence-electron chi connectivity index (χ0n) is 29.3. The molecule has 5 atom stereocenters. The number of hydrogen-bond acceptors (Lipinski definition) is 15. The molecule has 3 rings (SSSR count). The van der Waals surface area contributed by atoms with Crippen LogP contribution in [0.4, 0.5) is 5.82 Å². The summed E-state index contributed by atoms with van der Waals surface area (Å²) in [6.45, 7) is 12.7. The Balaban J connectivity index is 1.41. The molecule has 296 valence electrons. The summed E-state index contributed by atoms with van der Waals surface area (Å²) in [4.78, 5) is 48.5. The average molecular weight is 803 g/mol. The van der Waals surface area contributed by atoms with Gasteiger partial charge in [0, 0.05) is 19.5 Å². The maximum atomic E-state index is 12.4. The van der Waals surface area contributed by atoms with Gasteiger partial charge in [-0.25, -0.2) is 4.68 Å². The third kappa shape index (κ3) is 15.3. The highest BCUT2D eigenvalue weighted by molar-refractivity contribution is 7.70. The Bertz CT molecular complexity index is 1560. The highest BCUT2D eigenvalue weighted by Crippen LogP contribution is 2.55. The zero-order chi connectivity index (χ0) is 38.5. The molecule has 3 heterocycles. The molecule has 52 heavy (non-hydrogen) atoms. The van der Waals surface area contributed by atoms with E-state index in [0.29, 0.717) is 70.5 Å². The predicted molar refractivity (Wildman–Crippen MR) is 187 cm³/mol. The third-order valence-corrected chi connectivity index (χ3v) is 10.9. The molecular formula is C29H49ClN6O14P2. The molecule has 1 saturated heterocycles. The SMILES string of the molecule is C=C(C)COCCOCCOCCOCCC(=O)NCC(C)(C)CNc1nc(Cl)nc2c1cnn2[C@@H]1O[C@H](COP(=O)(O)CP(=O)(O)O)[C@@H](O)[C@H]1O. The predicted octanol–water partition coefficient (Wildman–Crippen LogP) is 1.02. The molecule has 2 aromatic rings. The molecule has 1 aliphatic heterocycles. The summed E-state index contributed by atoms with van der Waals surface area (Å²) in [5, 5.41) is 31.7. The van der Waals surface area contributed by atoms with Crippen LogP contribution in [0, 0.1) is 5.41 Å². The van der Waals surface area contributed by atoms with Gasteiger partial charge in [0.05, 0.1) is 71.0 Å². The third-order valence-electron chi connectivity index (χ3n) is 7.24. The van der Waals surface area contributed by atoms with E-state index in [1.165, 1.54) is 6.20 Å². The van der Waals surface area contributed by atoms with Crippen molar-refractivity contribution in [3.8, 4) is 0 Å². The van der Waals surface area contributed by atoms with Gasteiger partial charge in [-0.05, 0) is 23.9 Å². The van der Waals surface area contributed by atoms with Gasteiger partial charge in [-0.1, -0.05) is 26.0 Å². The number of halogens is 1. The van der Waals surface area contributed by atoms with Crippen LogP contribution in [0.2, 0.25) is 5.28 Å². The number of aliphatic hydroxyl groups is 2. The molecule has 0 radical (unpaired) electrons. The minimum Gasteiger partial charge on any atom is -0.387 e. The molecule has 0 aliphatic carbocycles. The van der Waals surface area contributed by atoms with Gasteiger partial charge in [-0.15, -0.1) is 0 Å². The van der Waals surface area contributed by atoms with Crippen molar-refractivity contribution in [2.24, 2.45) is 5.41 Å². The van der Waals surface area contributed by atoms with E-state index in [2.05, 4.69) is 32.3 Å². The van der Waals surface area contributed by atoms with Gasteiger partial charge in [0.25, 0.3) is 0 Å². The lowest BCUT2D eigenvalue weighted by Gasteiger charge is -2.26. The van der Waals surface area contributed by atoms with E-state index in [1.807, 2.05) is 20.8 Å². The number of nitrogens with one attached hydrogen (secondary N) is 2. The minimum atomic E-state index is -4.87. The number of ether oxygens (including phenoxy) is 5. The Morgan fingerprint density at radius 2 is 1.62 bits per heavy atom. The molecule has 1 fully saturated rings. The van der Waals surface area contributed by atoms with Crippen molar-refractivity contribution < 1.29 is 67.0 Å². The Labute approximate surface area is 305 Å². The quantitative estimate of drug-likeness (QED) is 0.0319. The molecule has 0 aromatic carbocycles. The average Bonchev–Trinajstić information content (AvgIpc) is 3.58. The first-order valence-electron chi connectivity index (χ1n) is 16.3. The fourth-order valence-electron chi connectivity index (χ4n) is 4.64. The number of carbonyl (C=O) groups is 1. The Morgan fingerprint density at radius 1 is 1.00 bits per heavy atom. The van der Waals surface area contributed by atoms with E-state index in [0.717, 1.165) is 10.3 Å². The van der Waals surface area contributed by atoms with Gasteiger partial charge in [0.1, 0.15) is 24.1 Å². The van der Waals surface area contributed by atoms with Crippen LogP contribution in [0.15, 0.2) is 18.3 Å². The first-order valence-corrected chi connectivity index (χ1v) is 20.2. The number of anilines is 1. The van der Waals surface area contributed by atoms with E-state index < -0.39 is 57.7 Å². The standard InChI is InChI=1S/C29H49ClN6O14P2/c1-19(2)14-48-12-11-47-10-9-46-8-7-45-6-5-22(37)31-16-29(3,4)17-32-25-20-13-33-36(26(20)35-28(30)34-25)27-24(39)23(38)21(50-27)15-49-52(43,44)18-51(40,41)42/h13,21,23-24,27,38-39H,1,5-12,14-18H2,2-4H3,(H,31,37)(H,43,44)(H,32,34,35)(H2,40,41,42)/t21-,23-,24-,27-/m1/s1. The first-order chi connectivity index (χ1) is 24.4. The van der Waals surface area contributed by atoms with E-state index in [1.54, 1.807) is 0 Å². The fraction of sp³-hybridized carbons (Fsp3) is 0.724. The molecule has 0 bridgehead atoms. The largest absolute Gasteiger partial charge is 0.387 e. The summed E-state index contributed by atoms with van der Waals surface area (Å²) in [5.41, 5.74) is 0.619. The highest BCUT2D eigenvalue weighted by atomic mass is 35.5. The lowest BCUT2D eigenvalue weighted by atomic mass is 9.93. The number of nitrogens with zero attached hydrogens (tertiary/aromatic N) is 4. The van der Waals surface area contributed by atoms with Crippen molar-refractivity contribution in [1.82, 2.24) is 25.1 Å². The second kappa shape index (κ2) is 20.5. The number of aliphatic hydroxyl groups excluding tert-OH is 2.